The van der Waals surface area contributed by atoms with Gasteiger partial charge in [-0.3, -0.25) is 0 Å². The van der Waals surface area contributed by atoms with E-state index in [1.807, 2.05) is 0 Å². The summed E-state index contributed by atoms with van der Waals surface area (Å²) in [4.78, 5) is 0.147. The Morgan fingerprint density at radius 3 is 2.74 bits per heavy atom. The predicted molar refractivity (Wildman–Crippen MR) is 80.4 cm³/mol. The van der Waals surface area contributed by atoms with Gasteiger partial charge in [0, 0.05) is 10.4 Å². The Balaban J connectivity index is 2.32. The molecular weight excluding hydrogens is 307 g/mol. The summed E-state index contributed by atoms with van der Waals surface area (Å²) in [6.07, 6.45) is 4.97. The van der Waals surface area contributed by atoms with E-state index in [2.05, 4.69) is 29.8 Å². The van der Waals surface area contributed by atoms with Crippen LogP contribution in [0.2, 0.25) is 0 Å². The van der Waals surface area contributed by atoms with Gasteiger partial charge in [0.05, 0.1) is 7.11 Å². The molecule has 19 heavy (non-hydrogen) atoms. The van der Waals surface area contributed by atoms with Crippen molar-refractivity contribution in [1.29, 1.82) is 0 Å². The molecule has 0 N–H and O–H groups in total. The molecule has 1 fully saturated rings. The van der Waals surface area contributed by atoms with Crippen LogP contribution in [0, 0.1) is 17.2 Å². The molecule has 2 atom stereocenters. The van der Waals surface area contributed by atoms with Gasteiger partial charge in [-0.1, -0.05) is 42.6 Å². The predicted octanol–water partition coefficient (Wildman–Crippen LogP) is 5.49. The highest BCUT2D eigenvalue weighted by Crippen LogP contribution is 2.51. The van der Waals surface area contributed by atoms with Gasteiger partial charge < -0.3 is 4.74 Å². The largest absolute Gasteiger partial charge is 0.496 e. The van der Waals surface area contributed by atoms with Crippen molar-refractivity contribution in [2.45, 2.75) is 44.4 Å². The van der Waals surface area contributed by atoms with E-state index in [9.17, 15) is 4.39 Å². The minimum atomic E-state index is -0.200. The van der Waals surface area contributed by atoms with Gasteiger partial charge in [-0.25, -0.2) is 4.39 Å². The summed E-state index contributed by atoms with van der Waals surface area (Å²) < 4.78 is 18.9. The first-order valence-electron chi connectivity index (χ1n) is 6.93. The van der Waals surface area contributed by atoms with Crippen LogP contribution in [0.25, 0.3) is 0 Å². The average Bonchev–Trinajstić information content (AvgIpc) is 2.37. The van der Waals surface area contributed by atoms with Crippen molar-refractivity contribution in [1.82, 2.24) is 0 Å². The highest BCUT2D eigenvalue weighted by atomic mass is 79.9. The highest BCUT2D eigenvalue weighted by Gasteiger charge is 2.38. The molecule has 1 aliphatic rings. The number of alkyl halides is 1. The smallest absolute Gasteiger partial charge is 0.123 e. The number of hydrogen-bond donors (Lipinski definition) is 0. The van der Waals surface area contributed by atoms with Crippen LogP contribution in [0.4, 0.5) is 4.39 Å². The van der Waals surface area contributed by atoms with Gasteiger partial charge in [0.15, 0.2) is 0 Å². The van der Waals surface area contributed by atoms with Gasteiger partial charge in [-0.15, -0.1) is 0 Å². The van der Waals surface area contributed by atoms with E-state index in [4.69, 9.17) is 4.74 Å². The maximum atomic E-state index is 13.5. The van der Waals surface area contributed by atoms with Gasteiger partial charge in [-0.05, 0) is 42.4 Å². The van der Waals surface area contributed by atoms with Crippen molar-refractivity contribution < 1.29 is 9.13 Å². The molecule has 3 heteroatoms. The first-order chi connectivity index (χ1) is 8.95. The van der Waals surface area contributed by atoms with E-state index in [1.165, 1.54) is 31.7 Å². The molecule has 0 heterocycles. The van der Waals surface area contributed by atoms with Crippen LogP contribution in [0.15, 0.2) is 18.2 Å². The van der Waals surface area contributed by atoms with Crippen molar-refractivity contribution in [3.63, 3.8) is 0 Å². The SMILES string of the molecule is COc1ccc(F)cc1C(Br)C1CCCCC1(C)C. The first-order valence-corrected chi connectivity index (χ1v) is 7.85. The molecule has 1 saturated carbocycles. The fourth-order valence-corrected chi connectivity index (χ4v) is 4.54. The number of hydrogen-bond acceptors (Lipinski definition) is 1. The van der Waals surface area contributed by atoms with Gasteiger partial charge in [-0.2, -0.15) is 0 Å². The Bertz CT molecular complexity index is 444. The van der Waals surface area contributed by atoms with E-state index in [0.717, 1.165) is 11.3 Å². The van der Waals surface area contributed by atoms with Crippen molar-refractivity contribution in [3.05, 3.63) is 29.6 Å². The fraction of sp³-hybridized carbons (Fsp3) is 0.625. The summed E-state index contributed by atoms with van der Waals surface area (Å²) in [5, 5.41) is 0. The second-order valence-corrected chi connectivity index (χ2v) is 7.12. The van der Waals surface area contributed by atoms with Crippen LogP contribution < -0.4 is 4.74 Å². The molecule has 1 aliphatic carbocycles. The molecule has 0 amide bonds. The zero-order valence-electron chi connectivity index (χ0n) is 11.9. The van der Waals surface area contributed by atoms with E-state index in [-0.39, 0.29) is 16.1 Å². The summed E-state index contributed by atoms with van der Waals surface area (Å²) in [5.74, 6) is 1.08. The summed E-state index contributed by atoms with van der Waals surface area (Å²) >= 11 is 3.80. The fourth-order valence-electron chi connectivity index (χ4n) is 3.20. The molecule has 0 aromatic heterocycles. The Labute approximate surface area is 123 Å². The van der Waals surface area contributed by atoms with Crippen LogP contribution in [0.1, 0.15) is 49.9 Å². The maximum Gasteiger partial charge on any atom is 0.123 e. The van der Waals surface area contributed by atoms with Gasteiger partial charge in [0.2, 0.25) is 0 Å². The second kappa shape index (κ2) is 5.82. The van der Waals surface area contributed by atoms with Crippen molar-refractivity contribution >= 4 is 15.9 Å². The number of halogens is 2. The Hall–Kier alpha value is -0.570. The molecule has 1 nitrogen and oxygen atoms in total. The number of ether oxygens (including phenoxy) is 1. The third-order valence-corrected chi connectivity index (χ3v) is 5.56. The van der Waals surface area contributed by atoms with Crippen LogP contribution in [0.5, 0.6) is 5.75 Å². The van der Waals surface area contributed by atoms with Crippen LogP contribution in [-0.4, -0.2) is 7.11 Å². The van der Waals surface area contributed by atoms with Crippen molar-refractivity contribution in [3.8, 4) is 5.75 Å². The number of rotatable bonds is 3. The van der Waals surface area contributed by atoms with Gasteiger partial charge in [0.1, 0.15) is 11.6 Å². The number of methoxy groups -OCH3 is 1. The standard InChI is InChI=1S/C16H22BrFO/c1-16(2)9-5-4-6-13(16)15(17)12-10-11(18)7-8-14(12)19-3/h7-8,10,13,15H,4-6,9H2,1-3H3. The van der Waals surface area contributed by atoms with Gasteiger partial charge >= 0.3 is 0 Å². The molecule has 1 aromatic rings. The third kappa shape index (κ3) is 3.13. The van der Waals surface area contributed by atoms with Gasteiger partial charge in [0.25, 0.3) is 0 Å². The first kappa shape index (κ1) is 14.8. The van der Waals surface area contributed by atoms with Crippen molar-refractivity contribution in [2.75, 3.05) is 7.11 Å². The van der Waals surface area contributed by atoms with Crippen LogP contribution >= 0.6 is 15.9 Å². The monoisotopic (exact) mass is 328 g/mol. The normalized spacial score (nSPS) is 23.9. The second-order valence-electron chi connectivity index (χ2n) is 6.13. The molecule has 0 spiro atoms. The lowest BCUT2D eigenvalue weighted by Gasteiger charge is -2.41. The molecule has 2 rings (SSSR count). The third-order valence-electron chi connectivity index (χ3n) is 4.43. The molecule has 2 unspecified atom stereocenters. The minimum absolute atomic E-state index is 0.147. The molecule has 0 bridgehead atoms. The average molecular weight is 329 g/mol. The summed E-state index contributed by atoms with van der Waals surface area (Å²) in [6, 6.07) is 4.77. The number of benzene rings is 1. The van der Waals surface area contributed by atoms with Crippen molar-refractivity contribution in [2.24, 2.45) is 11.3 Å². The zero-order chi connectivity index (χ0) is 14.0. The molecule has 106 valence electrons. The molecule has 0 radical (unpaired) electrons. The van der Waals surface area contributed by atoms with E-state index in [1.54, 1.807) is 19.2 Å². The quantitative estimate of drug-likeness (QED) is 0.667. The van der Waals surface area contributed by atoms with Crippen LogP contribution in [-0.2, 0) is 0 Å². The maximum absolute atomic E-state index is 13.5. The lowest BCUT2D eigenvalue weighted by molar-refractivity contribution is 0.136. The lowest BCUT2D eigenvalue weighted by Crippen LogP contribution is -2.30. The minimum Gasteiger partial charge on any atom is -0.496 e. The summed E-state index contributed by atoms with van der Waals surface area (Å²) in [6.45, 7) is 4.63. The summed E-state index contributed by atoms with van der Waals surface area (Å²) in [7, 11) is 1.64. The van der Waals surface area contributed by atoms with E-state index in [0.29, 0.717) is 5.92 Å². The Kier molecular flexibility index (Phi) is 4.54. The molecule has 1 aromatic carbocycles. The lowest BCUT2D eigenvalue weighted by atomic mass is 9.66. The molecule has 0 aliphatic heterocycles. The molecular formula is C16H22BrFO. The Morgan fingerprint density at radius 2 is 2.11 bits per heavy atom. The van der Waals surface area contributed by atoms with E-state index < -0.39 is 0 Å². The summed E-state index contributed by atoms with van der Waals surface area (Å²) in [5.41, 5.74) is 1.21. The highest BCUT2D eigenvalue weighted by molar-refractivity contribution is 9.09. The molecule has 0 saturated heterocycles. The van der Waals surface area contributed by atoms with Crippen LogP contribution in [0.3, 0.4) is 0 Å². The zero-order valence-corrected chi connectivity index (χ0v) is 13.5. The van der Waals surface area contributed by atoms with E-state index >= 15 is 0 Å². The Morgan fingerprint density at radius 1 is 1.37 bits per heavy atom. The topological polar surface area (TPSA) is 9.23 Å².